The monoisotopic (exact) mass is 681 g/mol. The normalized spacial score (nSPS) is 28.7. The van der Waals surface area contributed by atoms with Crippen LogP contribution in [0.3, 0.4) is 0 Å². The molecule has 2 aromatic rings. The van der Waals surface area contributed by atoms with E-state index in [1.54, 1.807) is 38.1 Å². The van der Waals surface area contributed by atoms with Crippen molar-refractivity contribution in [2.75, 3.05) is 7.11 Å². The van der Waals surface area contributed by atoms with Crippen LogP contribution in [0, 0.1) is 17.3 Å². The van der Waals surface area contributed by atoms with Crippen LogP contribution in [0.4, 0.5) is 0 Å². The van der Waals surface area contributed by atoms with Gasteiger partial charge in [-0.15, -0.1) is 0 Å². The van der Waals surface area contributed by atoms with Crippen molar-refractivity contribution in [3.8, 4) is 5.75 Å². The molecule has 8 atom stereocenters. The third-order valence-electron chi connectivity index (χ3n) is 8.90. The Kier molecular flexibility index (Phi) is 12.3. The van der Waals surface area contributed by atoms with E-state index in [2.05, 4.69) is 16.0 Å². The average molecular weight is 682 g/mol. The van der Waals surface area contributed by atoms with Crippen LogP contribution in [0.1, 0.15) is 71.6 Å². The molecule has 1 unspecified atom stereocenters. The Labute approximate surface area is 288 Å². The van der Waals surface area contributed by atoms with E-state index in [4.69, 9.17) is 25.8 Å². The topological polar surface area (TPSA) is 135 Å². The van der Waals surface area contributed by atoms with Crippen molar-refractivity contribution >= 4 is 35.3 Å². The number of cyclic esters (lactones) is 1. The highest BCUT2D eigenvalue weighted by Crippen LogP contribution is 2.45. The number of nitrogens with one attached hydrogen (secondary N) is 3. The number of hydrogen-bond acceptors (Lipinski definition) is 7. The molecule has 1 fully saturated rings. The Morgan fingerprint density at radius 3 is 2.31 bits per heavy atom. The Morgan fingerprint density at radius 2 is 1.67 bits per heavy atom. The van der Waals surface area contributed by atoms with E-state index in [1.165, 1.54) is 13.2 Å². The van der Waals surface area contributed by atoms with Crippen molar-refractivity contribution in [2.45, 2.75) is 97.2 Å². The Bertz CT molecular complexity index is 1490. The predicted octanol–water partition coefficient (Wildman–Crippen LogP) is 5.09. The SMILES string of the molecule is COc1ccc(C[C@H]2NC(=O)/C=C/C[C@@H]([C@H](C)[C@H]3O[C@@H]3c3ccccc3)OC(=O)[C@H](CC(C)(C)C)NC(=O)[C@H](C)C(C)NC2=O)cc1Cl. The summed E-state index contributed by atoms with van der Waals surface area (Å²) in [7, 11) is 1.51. The Morgan fingerprint density at radius 1 is 0.958 bits per heavy atom. The molecule has 4 rings (SSSR count). The number of esters is 1. The lowest BCUT2D eigenvalue weighted by Gasteiger charge is -2.31. The summed E-state index contributed by atoms with van der Waals surface area (Å²) >= 11 is 6.34. The largest absolute Gasteiger partial charge is 0.495 e. The third-order valence-corrected chi connectivity index (χ3v) is 9.20. The second-order valence-corrected chi connectivity index (χ2v) is 14.5. The highest BCUT2D eigenvalue weighted by atomic mass is 35.5. The first-order valence-corrected chi connectivity index (χ1v) is 16.9. The van der Waals surface area contributed by atoms with Crippen LogP contribution in [-0.2, 0) is 35.1 Å². The van der Waals surface area contributed by atoms with Gasteiger partial charge in [-0.1, -0.05) is 88.7 Å². The fourth-order valence-electron chi connectivity index (χ4n) is 5.84. The van der Waals surface area contributed by atoms with Crippen molar-refractivity contribution in [3.63, 3.8) is 0 Å². The van der Waals surface area contributed by atoms with E-state index in [0.29, 0.717) is 22.8 Å². The molecule has 11 heteroatoms. The van der Waals surface area contributed by atoms with Crippen LogP contribution in [0.5, 0.6) is 5.75 Å². The highest BCUT2D eigenvalue weighted by Gasteiger charge is 2.47. The van der Waals surface area contributed by atoms with Gasteiger partial charge in [0, 0.05) is 24.8 Å². The summed E-state index contributed by atoms with van der Waals surface area (Å²) in [6, 6.07) is 12.5. The second-order valence-electron chi connectivity index (χ2n) is 14.1. The number of hydrogen-bond donors (Lipinski definition) is 3. The molecule has 2 aromatic carbocycles. The minimum atomic E-state index is -0.968. The van der Waals surface area contributed by atoms with Crippen LogP contribution in [0.25, 0.3) is 0 Å². The van der Waals surface area contributed by atoms with Crippen molar-refractivity contribution < 1.29 is 33.4 Å². The molecular formula is C37H48ClN3O7. The number of amides is 3. The number of halogens is 1. The molecule has 0 aromatic heterocycles. The number of epoxide rings is 1. The molecule has 0 radical (unpaired) electrons. The molecule has 260 valence electrons. The zero-order chi connectivity index (χ0) is 35.2. The minimum absolute atomic E-state index is 0.134. The predicted molar refractivity (Wildman–Crippen MR) is 183 cm³/mol. The van der Waals surface area contributed by atoms with Crippen LogP contribution < -0.4 is 20.7 Å². The van der Waals surface area contributed by atoms with Gasteiger partial charge in [-0.2, -0.15) is 0 Å². The van der Waals surface area contributed by atoms with Crippen molar-refractivity contribution in [2.24, 2.45) is 17.3 Å². The molecule has 3 N–H and O–H groups in total. The number of rotatable bonds is 7. The Balaban J connectivity index is 1.62. The molecule has 3 amide bonds. The van der Waals surface area contributed by atoms with E-state index in [0.717, 1.165) is 5.56 Å². The average Bonchev–Trinajstić information content (AvgIpc) is 3.83. The summed E-state index contributed by atoms with van der Waals surface area (Å²) in [6.07, 6.45) is 2.71. The second kappa shape index (κ2) is 16.0. The molecule has 2 aliphatic heterocycles. The first kappa shape index (κ1) is 36.9. The van der Waals surface area contributed by atoms with Gasteiger partial charge in [0.25, 0.3) is 0 Å². The summed E-state index contributed by atoms with van der Waals surface area (Å²) in [5.74, 6) is -2.35. The van der Waals surface area contributed by atoms with Gasteiger partial charge >= 0.3 is 5.97 Å². The third kappa shape index (κ3) is 10.1. The fourth-order valence-corrected chi connectivity index (χ4v) is 6.12. The van der Waals surface area contributed by atoms with Crippen LogP contribution >= 0.6 is 11.6 Å². The molecule has 0 bridgehead atoms. The maximum Gasteiger partial charge on any atom is 0.328 e. The van der Waals surface area contributed by atoms with E-state index >= 15 is 0 Å². The molecule has 0 aliphatic carbocycles. The maximum atomic E-state index is 13.8. The standard InChI is InChI=1S/C37H48ClN3O7/c1-21-23(3)39-35(44)27(19-24-16-17-30(46-7)26(38)18-24)40-31(42)15-11-14-29(22(2)32-33(48-32)25-12-9-8-10-13-25)47-36(45)28(41-34(21)43)20-37(4,5)6/h8-13,15-18,21-23,27-29,32-33H,14,19-20H2,1-7H3,(H,39,44)(H,40,42)(H,41,43)/b15-11+/t21-,22+,23?,27-,28+,29+,32-,33-/m1/s1. The fraction of sp³-hybridized carbons (Fsp3) is 0.514. The Hall–Kier alpha value is -3.89. The van der Waals surface area contributed by atoms with E-state index in [1.807, 2.05) is 58.0 Å². The van der Waals surface area contributed by atoms with Crippen molar-refractivity contribution in [1.82, 2.24) is 16.0 Å². The van der Waals surface area contributed by atoms with Gasteiger partial charge < -0.3 is 30.2 Å². The zero-order valence-electron chi connectivity index (χ0n) is 28.7. The molecule has 2 heterocycles. The lowest BCUT2D eigenvalue weighted by Crippen LogP contribution is -2.54. The smallest absolute Gasteiger partial charge is 0.328 e. The van der Waals surface area contributed by atoms with Crippen LogP contribution in [0.15, 0.2) is 60.7 Å². The number of methoxy groups -OCH3 is 1. The molecule has 2 aliphatic rings. The molecule has 48 heavy (non-hydrogen) atoms. The van der Waals surface area contributed by atoms with Gasteiger partial charge in [0.2, 0.25) is 17.7 Å². The zero-order valence-corrected chi connectivity index (χ0v) is 29.5. The highest BCUT2D eigenvalue weighted by molar-refractivity contribution is 6.32. The molecule has 10 nitrogen and oxygen atoms in total. The van der Waals surface area contributed by atoms with Gasteiger partial charge in [-0.05, 0) is 48.1 Å². The quantitative estimate of drug-likeness (QED) is 0.274. The lowest BCUT2D eigenvalue weighted by atomic mass is 9.87. The summed E-state index contributed by atoms with van der Waals surface area (Å²) in [5, 5.41) is 8.95. The summed E-state index contributed by atoms with van der Waals surface area (Å²) < 4.78 is 17.4. The molecular weight excluding hydrogens is 634 g/mol. The minimum Gasteiger partial charge on any atom is -0.495 e. The summed E-state index contributed by atoms with van der Waals surface area (Å²) in [4.78, 5) is 54.1. The van der Waals surface area contributed by atoms with Gasteiger partial charge in [0.1, 0.15) is 30.0 Å². The van der Waals surface area contributed by atoms with Crippen LogP contribution in [0.2, 0.25) is 5.02 Å². The van der Waals surface area contributed by atoms with Crippen LogP contribution in [-0.4, -0.2) is 61.1 Å². The van der Waals surface area contributed by atoms with Gasteiger partial charge in [0.05, 0.1) is 24.2 Å². The summed E-state index contributed by atoms with van der Waals surface area (Å²) in [5.41, 5.74) is 1.43. The maximum absolute atomic E-state index is 13.8. The van der Waals surface area contributed by atoms with Crippen molar-refractivity contribution in [1.29, 1.82) is 0 Å². The van der Waals surface area contributed by atoms with Gasteiger partial charge in [0.15, 0.2) is 0 Å². The first-order chi connectivity index (χ1) is 22.7. The molecule has 1 saturated heterocycles. The number of carbonyl (C=O) groups excluding carboxylic acids is 4. The van der Waals surface area contributed by atoms with Gasteiger partial charge in [-0.3, -0.25) is 14.4 Å². The van der Waals surface area contributed by atoms with E-state index < -0.39 is 53.8 Å². The first-order valence-electron chi connectivity index (χ1n) is 16.5. The molecule has 0 saturated carbocycles. The summed E-state index contributed by atoms with van der Waals surface area (Å²) in [6.45, 7) is 11.3. The van der Waals surface area contributed by atoms with Gasteiger partial charge in [-0.25, -0.2) is 4.79 Å². The lowest BCUT2D eigenvalue weighted by molar-refractivity contribution is -0.157. The van der Waals surface area contributed by atoms with E-state index in [-0.39, 0.29) is 36.4 Å². The number of ether oxygens (including phenoxy) is 3. The van der Waals surface area contributed by atoms with Crippen molar-refractivity contribution in [3.05, 3.63) is 76.8 Å². The number of benzene rings is 2. The number of carbonyl (C=O) groups is 4. The van der Waals surface area contributed by atoms with E-state index in [9.17, 15) is 19.2 Å². The molecule has 0 spiro atoms.